The molecule has 25 heavy (non-hydrogen) atoms. The van der Waals surface area contributed by atoms with Gasteiger partial charge in [-0.05, 0) is 32.9 Å². The van der Waals surface area contributed by atoms with E-state index < -0.39 is 10.0 Å². The van der Waals surface area contributed by atoms with Crippen molar-refractivity contribution in [2.24, 2.45) is 4.99 Å². The van der Waals surface area contributed by atoms with Gasteiger partial charge in [-0.15, -0.1) is 24.0 Å². The Labute approximate surface area is 168 Å². The molecule has 0 aliphatic carbocycles. The minimum absolute atomic E-state index is 0. The summed E-state index contributed by atoms with van der Waals surface area (Å²) in [5.41, 5.74) is 1.02. The number of hydrogen-bond donors (Lipinski definition) is 3. The molecule has 0 radical (unpaired) electrons. The Hall–Kier alpha value is -0.910. The Balaban J connectivity index is 0.00000576. The highest BCUT2D eigenvalue weighted by Gasteiger charge is 2.12. The number of nitrogens with one attached hydrogen (secondary N) is 3. The molecule has 0 saturated heterocycles. The first kappa shape index (κ1) is 24.1. The zero-order chi connectivity index (χ0) is 17.8. The third-order valence-electron chi connectivity index (χ3n) is 3.09. The number of hydrogen-bond acceptors (Lipinski definition) is 4. The van der Waals surface area contributed by atoms with E-state index in [-0.39, 0.29) is 35.4 Å². The maximum atomic E-state index is 12.2. The van der Waals surface area contributed by atoms with Gasteiger partial charge in [0.25, 0.3) is 0 Å². The van der Waals surface area contributed by atoms with Crippen LogP contribution < -0.4 is 15.4 Å². The maximum Gasteiger partial charge on any atom is 0.240 e. The molecular formula is C16H29IN4O3S. The van der Waals surface area contributed by atoms with Gasteiger partial charge in [0.05, 0.1) is 18.0 Å². The Morgan fingerprint density at radius 3 is 2.40 bits per heavy atom. The smallest absolute Gasteiger partial charge is 0.240 e. The van der Waals surface area contributed by atoms with Gasteiger partial charge in [-0.3, -0.25) is 4.99 Å². The number of benzene rings is 1. The molecule has 0 heterocycles. The molecule has 0 aliphatic heterocycles. The van der Waals surface area contributed by atoms with E-state index >= 15 is 0 Å². The van der Waals surface area contributed by atoms with Crippen LogP contribution in [0.25, 0.3) is 0 Å². The highest BCUT2D eigenvalue weighted by Crippen LogP contribution is 2.09. The van der Waals surface area contributed by atoms with Gasteiger partial charge in [-0.2, -0.15) is 0 Å². The molecule has 0 unspecified atom stereocenters. The van der Waals surface area contributed by atoms with Gasteiger partial charge in [0, 0.05) is 26.2 Å². The van der Waals surface area contributed by atoms with Crippen molar-refractivity contribution in [3.8, 4) is 0 Å². The van der Waals surface area contributed by atoms with Crippen LogP contribution in [0.4, 0.5) is 0 Å². The third kappa shape index (κ3) is 9.97. The van der Waals surface area contributed by atoms with E-state index in [4.69, 9.17) is 4.74 Å². The number of rotatable bonds is 10. The fraction of sp³-hybridized carbons (Fsp3) is 0.562. The predicted molar refractivity (Wildman–Crippen MR) is 112 cm³/mol. The topological polar surface area (TPSA) is 91.8 Å². The van der Waals surface area contributed by atoms with E-state index in [1.807, 2.05) is 20.8 Å². The molecule has 1 rings (SSSR count). The molecule has 9 heteroatoms. The van der Waals surface area contributed by atoms with Gasteiger partial charge in [-0.25, -0.2) is 13.1 Å². The van der Waals surface area contributed by atoms with Crippen LogP contribution in [-0.4, -0.2) is 53.8 Å². The molecule has 0 bridgehead atoms. The summed E-state index contributed by atoms with van der Waals surface area (Å²) in [4.78, 5) is 4.60. The average molecular weight is 484 g/mol. The largest absolute Gasteiger partial charge is 0.380 e. The molecule has 0 amide bonds. The van der Waals surface area contributed by atoms with E-state index in [0.717, 1.165) is 12.1 Å². The lowest BCUT2D eigenvalue weighted by Crippen LogP contribution is -2.39. The normalized spacial score (nSPS) is 11.7. The molecule has 0 spiro atoms. The Bertz CT molecular complexity index is 606. The lowest BCUT2D eigenvalue weighted by atomic mass is 10.2. The predicted octanol–water partition coefficient (Wildman–Crippen LogP) is 1.48. The van der Waals surface area contributed by atoms with Crippen LogP contribution in [0.3, 0.4) is 0 Å². The van der Waals surface area contributed by atoms with Crippen molar-refractivity contribution in [1.29, 1.82) is 0 Å². The van der Waals surface area contributed by atoms with Crippen LogP contribution in [-0.2, 0) is 14.8 Å². The van der Waals surface area contributed by atoms with Crippen LogP contribution in [0.15, 0.2) is 34.2 Å². The maximum absolute atomic E-state index is 12.2. The molecule has 0 aromatic heterocycles. The molecule has 0 saturated carbocycles. The number of aryl methyl sites for hydroxylation is 1. The lowest BCUT2D eigenvalue weighted by Gasteiger charge is -2.11. The quantitative estimate of drug-likeness (QED) is 0.203. The molecule has 1 aromatic carbocycles. The zero-order valence-corrected chi connectivity index (χ0v) is 18.2. The summed E-state index contributed by atoms with van der Waals surface area (Å²) in [7, 11) is -3.49. The first-order valence-electron chi connectivity index (χ1n) is 8.16. The minimum Gasteiger partial charge on any atom is -0.380 e. The Kier molecular flexibility index (Phi) is 12.8. The fourth-order valence-electron chi connectivity index (χ4n) is 1.88. The average Bonchev–Trinajstić information content (AvgIpc) is 2.55. The van der Waals surface area contributed by atoms with Crippen molar-refractivity contribution >= 4 is 40.0 Å². The van der Waals surface area contributed by atoms with Crippen molar-refractivity contribution < 1.29 is 13.2 Å². The second kappa shape index (κ2) is 13.3. The lowest BCUT2D eigenvalue weighted by molar-refractivity contribution is 0.152. The summed E-state index contributed by atoms with van der Waals surface area (Å²) in [6, 6.07) is 6.75. The first-order valence-corrected chi connectivity index (χ1v) is 9.64. The van der Waals surface area contributed by atoms with Gasteiger partial charge in [0.15, 0.2) is 5.96 Å². The summed E-state index contributed by atoms with van der Waals surface area (Å²) < 4.78 is 32.1. The van der Waals surface area contributed by atoms with Gasteiger partial charge in [-0.1, -0.05) is 17.7 Å². The standard InChI is InChI=1S/C16H28N4O3S.HI/c1-4-17-16(19-12-13-23-5-2)18-10-11-20-24(21,22)15-8-6-14(3)7-9-15;/h6-9,20H,4-5,10-13H2,1-3H3,(H2,17,18,19);1H. The molecule has 0 aliphatic rings. The molecule has 1 aromatic rings. The van der Waals surface area contributed by atoms with Crippen LogP contribution >= 0.6 is 24.0 Å². The van der Waals surface area contributed by atoms with E-state index in [2.05, 4.69) is 20.3 Å². The van der Waals surface area contributed by atoms with Crippen LogP contribution in [0.1, 0.15) is 19.4 Å². The molecule has 0 fully saturated rings. The van der Waals surface area contributed by atoms with E-state index in [1.54, 1.807) is 24.3 Å². The number of nitrogens with zero attached hydrogens (tertiary/aromatic N) is 1. The van der Waals surface area contributed by atoms with Crippen molar-refractivity contribution in [2.45, 2.75) is 25.7 Å². The Morgan fingerprint density at radius 1 is 1.12 bits per heavy atom. The number of ether oxygens (including phenoxy) is 1. The van der Waals surface area contributed by atoms with Gasteiger partial charge < -0.3 is 15.4 Å². The van der Waals surface area contributed by atoms with Gasteiger partial charge >= 0.3 is 0 Å². The number of aliphatic imine (C=N–C) groups is 1. The fourth-order valence-corrected chi connectivity index (χ4v) is 2.90. The second-order valence-corrected chi connectivity index (χ2v) is 6.86. The zero-order valence-electron chi connectivity index (χ0n) is 15.0. The van der Waals surface area contributed by atoms with Crippen molar-refractivity contribution in [3.63, 3.8) is 0 Å². The summed E-state index contributed by atoms with van der Waals surface area (Å²) in [5, 5.41) is 6.23. The SMILES string of the molecule is CCNC(=NCCNS(=O)(=O)c1ccc(C)cc1)NCCOCC.I. The van der Waals surface area contributed by atoms with Crippen LogP contribution in [0.5, 0.6) is 0 Å². The highest BCUT2D eigenvalue weighted by molar-refractivity contribution is 14.0. The summed E-state index contributed by atoms with van der Waals surface area (Å²) in [6.07, 6.45) is 0. The van der Waals surface area contributed by atoms with E-state index in [0.29, 0.717) is 32.3 Å². The molecular weight excluding hydrogens is 455 g/mol. The van der Waals surface area contributed by atoms with Crippen molar-refractivity contribution in [3.05, 3.63) is 29.8 Å². The highest BCUT2D eigenvalue weighted by atomic mass is 127. The molecule has 144 valence electrons. The first-order chi connectivity index (χ1) is 11.5. The van der Waals surface area contributed by atoms with E-state index in [9.17, 15) is 8.42 Å². The monoisotopic (exact) mass is 484 g/mol. The van der Waals surface area contributed by atoms with Crippen molar-refractivity contribution in [1.82, 2.24) is 15.4 Å². The number of halogens is 1. The van der Waals surface area contributed by atoms with Gasteiger partial charge in [0.2, 0.25) is 10.0 Å². The number of sulfonamides is 1. The van der Waals surface area contributed by atoms with Crippen LogP contribution in [0.2, 0.25) is 0 Å². The van der Waals surface area contributed by atoms with Crippen LogP contribution in [0, 0.1) is 6.92 Å². The second-order valence-electron chi connectivity index (χ2n) is 5.10. The van der Waals surface area contributed by atoms with E-state index in [1.165, 1.54) is 0 Å². The van der Waals surface area contributed by atoms with Gasteiger partial charge in [0.1, 0.15) is 0 Å². The summed E-state index contributed by atoms with van der Waals surface area (Å²) >= 11 is 0. The summed E-state index contributed by atoms with van der Waals surface area (Å²) in [6.45, 7) is 9.06. The summed E-state index contributed by atoms with van der Waals surface area (Å²) in [5.74, 6) is 0.645. The third-order valence-corrected chi connectivity index (χ3v) is 4.57. The molecule has 0 atom stereocenters. The minimum atomic E-state index is -3.49. The molecule has 7 nitrogen and oxygen atoms in total. The Morgan fingerprint density at radius 2 is 1.80 bits per heavy atom. The molecule has 3 N–H and O–H groups in total. The van der Waals surface area contributed by atoms with Crippen molar-refractivity contribution in [2.75, 3.05) is 39.4 Å². The number of guanidine groups is 1.